The molecule has 0 aliphatic carbocycles. The number of nitrogens with one attached hydrogen (secondary N) is 2. The molecule has 1 saturated heterocycles. The molecule has 1 aromatic carbocycles. The predicted molar refractivity (Wildman–Crippen MR) is 113 cm³/mol. The lowest BCUT2D eigenvalue weighted by Gasteiger charge is -2.32. The number of rotatable bonds is 5. The monoisotopic (exact) mass is 403 g/mol. The maximum atomic E-state index is 9.70. The molecule has 0 unspecified atom stereocenters. The first-order chi connectivity index (χ1) is 13.7. The Morgan fingerprint density at radius 3 is 2.59 bits per heavy atom. The molecule has 29 heavy (non-hydrogen) atoms. The zero-order chi connectivity index (χ0) is 21.6. The number of aryl methyl sites for hydroxylation is 2. The minimum Gasteiger partial charge on any atom is -0.481 e. The normalized spacial score (nSPS) is 17.0. The van der Waals surface area contributed by atoms with Gasteiger partial charge in [0.1, 0.15) is 0 Å². The van der Waals surface area contributed by atoms with Crippen LogP contribution in [0.5, 0.6) is 0 Å². The highest BCUT2D eigenvalue weighted by atomic mass is 16.4. The summed E-state index contributed by atoms with van der Waals surface area (Å²) in [5.74, 6) is -0.409. The number of carbonyl (C=O) groups is 1. The summed E-state index contributed by atoms with van der Waals surface area (Å²) in [4.78, 5) is 12.2. The molecule has 3 N–H and O–H groups in total. The summed E-state index contributed by atoms with van der Waals surface area (Å²) in [7, 11) is 0. The van der Waals surface area contributed by atoms with E-state index in [0.29, 0.717) is 17.9 Å². The molecule has 0 bridgehead atoms. The number of aliphatic carboxylic acids is 1. The van der Waals surface area contributed by atoms with Crippen LogP contribution in [0.15, 0.2) is 16.5 Å². The lowest BCUT2D eigenvalue weighted by Crippen LogP contribution is -2.48. The molecule has 8 heteroatoms. The first-order valence-corrected chi connectivity index (χ1v) is 10.0. The van der Waals surface area contributed by atoms with Crippen LogP contribution in [-0.2, 0) is 11.3 Å². The number of carboxylic acid groups (broad SMARTS) is 1. The highest BCUT2D eigenvalue weighted by molar-refractivity contribution is 5.68. The van der Waals surface area contributed by atoms with Crippen LogP contribution in [0.3, 0.4) is 0 Å². The third-order valence-corrected chi connectivity index (χ3v) is 4.77. The van der Waals surface area contributed by atoms with Gasteiger partial charge in [-0.1, -0.05) is 25.0 Å². The quantitative estimate of drug-likeness (QED) is 0.699. The second-order valence-corrected chi connectivity index (χ2v) is 7.93. The minimum atomic E-state index is -0.741. The molecule has 0 radical (unpaired) electrons. The van der Waals surface area contributed by atoms with Crippen LogP contribution >= 0.6 is 0 Å². The van der Waals surface area contributed by atoms with Crippen LogP contribution in [0.2, 0.25) is 0 Å². The maximum Gasteiger partial charge on any atom is 0.320 e. The molecule has 1 aromatic heterocycles. The van der Waals surface area contributed by atoms with Crippen molar-refractivity contribution in [2.75, 3.05) is 25.0 Å². The number of aromatic nitrogens is 2. The molecular weight excluding hydrogens is 370 g/mol. The van der Waals surface area contributed by atoms with Gasteiger partial charge in [0.15, 0.2) is 0 Å². The van der Waals surface area contributed by atoms with Crippen molar-refractivity contribution in [3.8, 4) is 0 Å². The van der Waals surface area contributed by atoms with Gasteiger partial charge >= 0.3 is 12.0 Å². The van der Waals surface area contributed by atoms with Crippen LogP contribution < -0.4 is 10.6 Å². The molecule has 2 aromatic rings. The fraction of sp³-hybridized carbons (Fsp3) is 0.571. The van der Waals surface area contributed by atoms with Gasteiger partial charge in [0.2, 0.25) is 5.89 Å². The average molecular weight is 404 g/mol. The number of piperazine rings is 1. The highest BCUT2D eigenvalue weighted by Gasteiger charge is 2.17. The van der Waals surface area contributed by atoms with E-state index in [-0.39, 0.29) is 5.92 Å². The topological polar surface area (TPSA) is 104 Å². The van der Waals surface area contributed by atoms with Gasteiger partial charge in [-0.15, -0.1) is 5.10 Å². The van der Waals surface area contributed by atoms with Crippen molar-refractivity contribution in [1.82, 2.24) is 20.4 Å². The van der Waals surface area contributed by atoms with Crippen LogP contribution in [0.4, 0.5) is 11.7 Å². The fourth-order valence-electron chi connectivity index (χ4n) is 3.09. The zero-order valence-electron chi connectivity index (χ0n) is 18.2. The van der Waals surface area contributed by atoms with Crippen LogP contribution in [0, 0.1) is 26.7 Å². The molecule has 0 spiro atoms. The lowest BCUT2D eigenvalue weighted by molar-refractivity contribution is -0.140. The summed E-state index contributed by atoms with van der Waals surface area (Å²) in [5, 5.41) is 22.6. The Hall–Kier alpha value is -2.45. The van der Waals surface area contributed by atoms with Gasteiger partial charge < -0.3 is 20.2 Å². The van der Waals surface area contributed by atoms with Crippen LogP contribution in [-0.4, -0.2) is 51.8 Å². The lowest BCUT2D eigenvalue weighted by atomic mass is 10.0. The van der Waals surface area contributed by atoms with Gasteiger partial charge in [-0.25, -0.2) is 0 Å². The number of carboxylic acids is 1. The number of benzene rings is 1. The Morgan fingerprint density at radius 2 is 2.03 bits per heavy atom. The molecule has 1 fully saturated rings. The number of hydrogen-bond acceptors (Lipinski definition) is 7. The van der Waals surface area contributed by atoms with Gasteiger partial charge in [-0.05, 0) is 43.5 Å². The zero-order valence-corrected chi connectivity index (χ0v) is 18.2. The van der Waals surface area contributed by atoms with E-state index in [9.17, 15) is 4.79 Å². The first kappa shape index (κ1) is 22.8. The standard InChI is InChI=1S/C17H25N5O.C4H8O2/c1-11-7-15(10-22-6-5-18-12(2)9-22)13(3)16(8-11)19-17-21-20-14(4)23-17;1-3(2)4(5)6/h7-8,12,18H,5-6,9-10H2,1-4H3,(H,19,21);3H,1-2H3,(H,5,6)/t12-;/m0./s1. The predicted octanol–water partition coefficient (Wildman–Crippen LogP) is 3.26. The Bertz CT molecular complexity index is 819. The Kier molecular flexibility index (Phi) is 8.16. The third-order valence-electron chi connectivity index (χ3n) is 4.77. The fourth-order valence-corrected chi connectivity index (χ4v) is 3.09. The van der Waals surface area contributed by atoms with Gasteiger partial charge in [-0.2, -0.15) is 0 Å². The summed E-state index contributed by atoms with van der Waals surface area (Å²) in [6.07, 6.45) is 0. The van der Waals surface area contributed by atoms with E-state index in [4.69, 9.17) is 9.52 Å². The summed E-state index contributed by atoms with van der Waals surface area (Å²) >= 11 is 0. The molecule has 1 aliphatic rings. The third kappa shape index (κ3) is 7.14. The molecule has 8 nitrogen and oxygen atoms in total. The molecule has 160 valence electrons. The largest absolute Gasteiger partial charge is 0.481 e. The van der Waals surface area contributed by atoms with Crippen molar-refractivity contribution in [3.63, 3.8) is 0 Å². The smallest absolute Gasteiger partial charge is 0.320 e. The van der Waals surface area contributed by atoms with Crippen LogP contribution in [0.1, 0.15) is 43.4 Å². The molecule has 1 aliphatic heterocycles. The van der Waals surface area contributed by atoms with Gasteiger partial charge in [-0.3, -0.25) is 9.69 Å². The number of hydrogen-bond donors (Lipinski definition) is 3. The SMILES string of the molecule is CC(C)C(=O)O.Cc1cc(CN2CCN[C@@H](C)C2)c(C)c(Nc2nnc(C)o2)c1. The number of anilines is 2. The van der Waals surface area contributed by atoms with Gasteiger partial charge in [0.05, 0.1) is 5.92 Å². The Labute approximate surface area is 172 Å². The van der Waals surface area contributed by atoms with E-state index < -0.39 is 5.97 Å². The van der Waals surface area contributed by atoms with E-state index in [1.165, 1.54) is 16.7 Å². The van der Waals surface area contributed by atoms with Gasteiger partial charge in [0.25, 0.3) is 0 Å². The molecular formula is C21H33N5O3. The average Bonchev–Trinajstić information content (AvgIpc) is 3.04. The van der Waals surface area contributed by atoms with E-state index in [0.717, 1.165) is 31.9 Å². The molecule has 3 rings (SSSR count). The van der Waals surface area contributed by atoms with Crippen LogP contribution in [0.25, 0.3) is 0 Å². The van der Waals surface area contributed by atoms with E-state index >= 15 is 0 Å². The van der Waals surface area contributed by atoms with Crippen molar-refractivity contribution in [2.45, 2.75) is 54.1 Å². The van der Waals surface area contributed by atoms with E-state index in [1.807, 2.05) is 0 Å². The molecule has 0 amide bonds. The highest BCUT2D eigenvalue weighted by Crippen LogP contribution is 2.26. The van der Waals surface area contributed by atoms with Crippen molar-refractivity contribution < 1.29 is 14.3 Å². The van der Waals surface area contributed by atoms with Crippen molar-refractivity contribution in [1.29, 1.82) is 0 Å². The Balaban J connectivity index is 0.000000438. The van der Waals surface area contributed by atoms with Crippen molar-refractivity contribution >= 4 is 17.7 Å². The molecule has 1 atom stereocenters. The molecule has 0 saturated carbocycles. The second-order valence-electron chi connectivity index (χ2n) is 7.93. The van der Waals surface area contributed by atoms with Gasteiger partial charge in [0, 0.05) is 44.8 Å². The Morgan fingerprint density at radius 1 is 1.34 bits per heavy atom. The summed E-state index contributed by atoms with van der Waals surface area (Å²) < 4.78 is 5.43. The second kappa shape index (κ2) is 10.4. The summed E-state index contributed by atoms with van der Waals surface area (Å²) in [6.45, 7) is 15.8. The molecule has 2 heterocycles. The van der Waals surface area contributed by atoms with E-state index in [1.54, 1.807) is 20.8 Å². The summed E-state index contributed by atoms with van der Waals surface area (Å²) in [5.41, 5.74) is 4.84. The number of nitrogens with zero attached hydrogens (tertiary/aromatic N) is 3. The van der Waals surface area contributed by atoms with Crippen molar-refractivity contribution in [2.24, 2.45) is 5.92 Å². The maximum absolute atomic E-state index is 9.70. The van der Waals surface area contributed by atoms with E-state index in [2.05, 4.69) is 58.6 Å². The first-order valence-electron chi connectivity index (χ1n) is 10.0. The minimum absolute atomic E-state index is 0.231. The summed E-state index contributed by atoms with van der Waals surface area (Å²) in [6, 6.07) is 5.39. The van der Waals surface area contributed by atoms with Crippen molar-refractivity contribution in [3.05, 3.63) is 34.7 Å².